The molecule has 5 rings (SSSR count). The van der Waals surface area contributed by atoms with Gasteiger partial charge in [-0.2, -0.15) is 23.1 Å². The van der Waals surface area contributed by atoms with Crippen molar-refractivity contribution in [2.24, 2.45) is 0 Å². The first kappa shape index (κ1) is 25.2. The largest absolute Gasteiger partial charge is 0.474 e. The van der Waals surface area contributed by atoms with Crippen LogP contribution in [0.2, 0.25) is 0 Å². The first-order valence-corrected chi connectivity index (χ1v) is 11.9. The fourth-order valence-electron chi connectivity index (χ4n) is 4.50. The molecule has 0 saturated heterocycles. The molecule has 37 heavy (non-hydrogen) atoms. The van der Waals surface area contributed by atoms with Crippen molar-refractivity contribution in [1.82, 2.24) is 20.3 Å². The zero-order valence-corrected chi connectivity index (χ0v) is 20.1. The SMILES string of the molecule is COc1nc2c3c(nc(-c4cc(N)c(F)c(C5CC5)c4C(F)(F)F)c(F)c3n1)OC(C)CCNCCN2. The molecule has 1 unspecified atom stereocenters. The number of ether oxygens (including phenoxy) is 2. The summed E-state index contributed by atoms with van der Waals surface area (Å²) in [5.41, 5.74) is 1.67. The number of rotatable bonds is 3. The first-order chi connectivity index (χ1) is 17.6. The lowest BCUT2D eigenvalue weighted by atomic mass is 9.93. The standard InChI is InChI=1S/C24H25F5N6O2/c1-10-5-6-31-7-8-32-21-15-20(34-23(35-21)36-2)18(26)19(33-22(15)37-10)12-9-13(30)17(25)14(11-3-4-11)16(12)24(27,28)29/h9-11,31H,3-8,30H2,1-2H3,(H,32,34,35). The average molecular weight is 524 g/mol. The highest BCUT2D eigenvalue weighted by molar-refractivity contribution is 5.96. The molecule has 1 aliphatic heterocycles. The van der Waals surface area contributed by atoms with E-state index in [1.165, 1.54) is 7.11 Å². The highest BCUT2D eigenvalue weighted by Gasteiger charge is 2.44. The molecule has 1 saturated carbocycles. The quantitative estimate of drug-likeness (QED) is 0.336. The normalized spacial score (nSPS) is 18.6. The summed E-state index contributed by atoms with van der Waals surface area (Å²) in [4.78, 5) is 12.6. The Morgan fingerprint density at radius 2 is 1.81 bits per heavy atom. The first-order valence-electron chi connectivity index (χ1n) is 11.9. The number of aromatic nitrogens is 3. The van der Waals surface area contributed by atoms with Gasteiger partial charge in [0, 0.05) is 24.2 Å². The van der Waals surface area contributed by atoms with Crippen molar-refractivity contribution >= 4 is 22.4 Å². The number of anilines is 2. The van der Waals surface area contributed by atoms with Crippen LogP contribution in [0, 0.1) is 11.6 Å². The zero-order chi connectivity index (χ0) is 26.5. The average Bonchev–Trinajstić information content (AvgIpc) is 3.68. The third-order valence-corrected chi connectivity index (χ3v) is 6.40. The minimum Gasteiger partial charge on any atom is -0.474 e. The Labute approximate surface area is 208 Å². The van der Waals surface area contributed by atoms with Gasteiger partial charge < -0.3 is 25.8 Å². The Morgan fingerprint density at radius 1 is 1.05 bits per heavy atom. The van der Waals surface area contributed by atoms with Crippen LogP contribution in [-0.4, -0.2) is 47.8 Å². The summed E-state index contributed by atoms with van der Waals surface area (Å²) in [5.74, 6) is -2.98. The van der Waals surface area contributed by atoms with Crippen molar-refractivity contribution in [2.75, 3.05) is 37.8 Å². The van der Waals surface area contributed by atoms with Gasteiger partial charge >= 0.3 is 12.2 Å². The third kappa shape index (κ3) is 4.67. The number of halogens is 5. The van der Waals surface area contributed by atoms with Crippen LogP contribution in [0.4, 0.5) is 33.5 Å². The highest BCUT2D eigenvalue weighted by Crippen LogP contribution is 2.52. The molecule has 0 radical (unpaired) electrons. The van der Waals surface area contributed by atoms with Crippen molar-refractivity contribution in [3.63, 3.8) is 0 Å². The Hall–Kier alpha value is -3.48. The number of hydrogen-bond acceptors (Lipinski definition) is 8. The second-order valence-electron chi connectivity index (χ2n) is 9.14. The van der Waals surface area contributed by atoms with Crippen LogP contribution in [0.15, 0.2) is 6.07 Å². The molecule has 1 fully saturated rings. The Bertz CT molecular complexity index is 1360. The second kappa shape index (κ2) is 9.43. The van der Waals surface area contributed by atoms with Crippen molar-refractivity contribution in [1.29, 1.82) is 0 Å². The number of methoxy groups -OCH3 is 1. The molecule has 2 aliphatic rings. The minimum absolute atomic E-state index is 0.0573. The minimum atomic E-state index is -5.00. The number of nitrogens with zero attached hydrogens (tertiary/aromatic N) is 3. The van der Waals surface area contributed by atoms with E-state index >= 15 is 4.39 Å². The molecule has 1 aromatic carbocycles. The number of pyridine rings is 1. The molecule has 0 amide bonds. The number of alkyl halides is 3. The monoisotopic (exact) mass is 524 g/mol. The summed E-state index contributed by atoms with van der Waals surface area (Å²) < 4.78 is 85.3. The highest BCUT2D eigenvalue weighted by atomic mass is 19.4. The van der Waals surface area contributed by atoms with E-state index < -0.39 is 57.9 Å². The summed E-state index contributed by atoms with van der Waals surface area (Å²) in [6.07, 6.45) is -4.14. The number of nitrogens with two attached hydrogens (primary N) is 1. The molecule has 13 heteroatoms. The topological polar surface area (TPSA) is 107 Å². The van der Waals surface area contributed by atoms with Crippen LogP contribution in [0.3, 0.4) is 0 Å². The van der Waals surface area contributed by atoms with Gasteiger partial charge in [-0.05, 0) is 44.7 Å². The smallest absolute Gasteiger partial charge is 0.417 e. The fraction of sp³-hybridized carbons (Fsp3) is 0.458. The van der Waals surface area contributed by atoms with E-state index in [1.54, 1.807) is 6.92 Å². The number of nitrogen functional groups attached to an aromatic ring is 1. The van der Waals surface area contributed by atoms with Crippen LogP contribution in [-0.2, 0) is 6.18 Å². The third-order valence-electron chi connectivity index (χ3n) is 6.40. The van der Waals surface area contributed by atoms with Crippen LogP contribution in [0.25, 0.3) is 22.2 Å². The van der Waals surface area contributed by atoms with Crippen LogP contribution in [0.1, 0.15) is 43.2 Å². The maximum Gasteiger partial charge on any atom is 0.417 e. The van der Waals surface area contributed by atoms with Crippen molar-refractivity contribution < 1.29 is 31.4 Å². The van der Waals surface area contributed by atoms with Crippen molar-refractivity contribution in [3.05, 3.63) is 28.8 Å². The molecule has 3 aromatic rings. The van der Waals surface area contributed by atoms with Gasteiger partial charge in [0.1, 0.15) is 28.2 Å². The van der Waals surface area contributed by atoms with Gasteiger partial charge in [-0.3, -0.25) is 0 Å². The number of benzene rings is 1. The van der Waals surface area contributed by atoms with E-state index in [2.05, 4.69) is 25.6 Å². The molecule has 1 atom stereocenters. The summed E-state index contributed by atoms with van der Waals surface area (Å²) in [7, 11) is 1.28. The summed E-state index contributed by atoms with van der Waals surface area (Å²) in [6.45, 7) is 3.33. The van der Waals surface area contributed by atoms with Crippen molar-refractivity contribution in [3.8, 4) is 23.1 Å². The molecule has 2 aromatic heterocycles. The molecule has 0 spiro atoms. The molecule has 8 nitrogen and oxygen atoms in total. The second-order valence-corrected chi connectivity index (χ2v) is 9.14. The maximum atomic E-state index is 16.1. The molecular formula is C24H25F5N6O2. The van der Waals surface area contributed by atoms with Crippen LogP contribution in [0.5, 0.6) is 11.9 Å². The van der Waals surface area contributed by atoms with Gasteiger partial charge in [-0.25, -0.2) is 13.8 Å². The van der Waals surface area contributed by atoms with Gasteiger partial charge in [0.2, 0.25) is 5.88 Å². The molecular weight excluding hydrogens is 499 g/mol. The van der Waals surface area contributed by atoms with E-state index in [0.29, 0.717) is 38.9 Å². The Balaban J connectivity index is 1.85. The van der Waals surface area contributed by atoms with Crippen LogP contribution < -0.4 is 25.8 Å². The molecule has 3 heterocycles. The van der Waals surface area contributed by atoms with E-state index in [1.807, 2.05) is 0 Å². The Kier molecular flexibility index (Phi) is 6.42. The van der Waals surface area contributed by atoms with E-state index in [4.69, 9.17) is 15.2 Å². The predicted octanol–water partition coefficient (Wildman–Crippen LogP) is 4.63. The van der Waals surface area contributed by atoms with Crippen molar-refractivity contribution in [2.45, 2.75) is 44.4 Å². The Morgan fingerprint density at radius 3 is 2.49 bits per heavy atom. The molecule has 0 bridgehead atoms. The summed E-state index contributed by atoms with van der Waals surface area (Å²) in [5, 5.41) is 6.33. The maximum absolute atomic E-state index is 16.1. The van der Waals surface area contributed by atoms with Crippen LogP contribution >= 0.6 is 0 Å². The van der Waals surface area contributed by atoms with Gasteiger partial charge in [-0.1, -0.05) is 0 Å². The number of nitrogens with one attached hydrogen (secondary N) is 2. The molecule has 1 aliphatic carbocycles. The van der Waals surface area contributed by atoms with Gasteiger partial charge in [-0.15, -0.1) is 0 Å². The number of hydrogen-bond donors (Lipinski definition) is 3. The predicted molar refractivity (Wildman–Crippen MR) is 127 cm³/mol. The van der Waals surface area contributed by atoms with Gasteiger partial charge in [0.15, 0.2) is 5.82 Å². The van der Waals surface area contributed by atoms with E-state index in [-0.39, 0.29) is 28.6 Å². The lowest BCUT2D eigenvalue weighted by Crippen LogP contribution is -2.26. The molecule has 4 N–H and O–H groups in total. The molecule has 198 valence electrons. The van der Waals surface area contributed by atoms with E-state index in [9.17, 15) is 17.6 Å². The lowest BCUT2D eigenvalue weighted by Gasteiger charge is -2.21. The van der Waals surface area contributed by atoms with Gasteiger partial charge in [0.25, 0.3) is 0 Å². The van der Waals surface area contributed by atoms with Gasteiger partial charge in [0.05, 0.1) is 24.5 Å². The summed E-state index contributed by atoms with van der Waals surface area (Å²) >= 11 is 0. The lowest BCUT2D eigenvalue weighted by molar-refractivity contribution is -0.137. The summed E-state index contributed by atoms with van der Waals surface area (Å²) in [6, 6.07) is 0.561. The van der Waals surface area contributed by atoms with E-state index in [0.717, 1.165) is 6.07 Å². The fourth-order valence-corrected chi connectivity index (χ4v) is 4.50. The zero-order valence-electron chi connectivity index (χ0n) is 20.1.